The molecule has 0 unspecified atom stereocenters. The first-order chi connectivity index (χ1) is 9.51. The molecule has 8 heteroatoms. The van der Waals surface area contributed by atoms with Gasteiger partial charge in [0.1, 0.15) is 11.6 Å². The van der Waals surface area contributed by atoms with Crippen LogP contribution in [0, 0.1) is 5.92 Å². The van der Waals surface area contributed by atoms with Gasteiger partial charge in [0.2, 0.25) is 16.9 Å². The number of nitrogens with zero attached hydrogens (tertiary/aromatic N) is 3. The van der Waals surface area contributed by atoms with Gasteiger partial charge < -0.3 is 15.0 Å². The molecule has 1 atom stereocenters. The lowest BCUT2D eigenvalue weighted by Gasteiger charge is -2.20. The molecule has 20 heavy (non-hydrogen) atoms. The fraction of sp³-hybridized carbons (Fsp3) is 0.667. The fourth-order valence-electron chi connectivity index (χ4n) is 2.10. The van der Waals surface area contributed by atoms with Crippen LogP contribution >= 0.6 is 11.3 Å². The molecule has 1 aliphatic rings. The van der Waals surface area contributed by atoms with Crippen molar-refractivity contribution in [2.75, 3.05) is 19.0 Å². The Balaban J connectivity index is 1.93. The van der Waals surface area contributed by atoms with Crippen LogP contribution in [0.4, 0.5) is 5.13 Å². The van der Waals surface area contributed by atoms with Crippen molar-refractivity contribution in [3.63, 3.8) is 0 Å². The molecule has 0 aliphatic carbocycles. The highest BCUT2D eigenvalue weighted by atomic mass is 32.1. The first-order valence-electron chi connectivity index (χ1n) is 6.43. The summed E-state index contributed by atoms with van der Waals surface area (Å²) >= 11 is 1.27. The molecule has 1 aliphatic heterocycles. The molecule has 1 fully saturated rings. The van der Waals surface area contributed by atoms with Gasteiger partial charge in [-0.3, -0.25) is 9.59 Å². The van der Waals surface area contributed by atoms with Gasteiger partial charge in [-0.05, 0) is 13.8 Å². The summed E-state index contributed by atoms with van der Waals surface area (Å²) < 4.78 is 4.94. The van der Waals surface area contributed by atoms with Crippen molar-refractivity contribution in [3.05, 3.63) is 5.01 Å². The van der Waals surface area contributed by atoms with Crippen LogP contribution in [0.2, 0.25) is 0 Å². The van der Waals surface area contributed by atoms with Crippen molar-refractivity contribution in [2.45, 2.75) is 32.9 Å². The number of hydrogen-bond donors (Lipinski definition) is 1. The number of nitrogens with one attached hydrogen (secondary N) is 1. The van der Waals surface area contributed by atoms with Gasteiger partial charge in [-0.15, -0.1) is 10.2 Å². The highest BCUT2D eigenvalue weighted by Gasteiger charge is 2.35. The number of carbonyl (C=O) groups is 2. The monoisotopic (exact) mass is 298 g/mol. The van der Waals surface area contributed by atoms with Gasteiger partial charge >= 0.3 is 0 Å². The zero-order valence-corrected chi connectivity index (χ0v) is 12.6. The van der Waals surface area contributed by atoms with E-state index in [-0.39, 0.29) is 30.2 Å². The van der Waals surface area contributed by atoms with Crippen molar-refractivity contribution in [3.8, 4) is 0 Å². The highest BCUT2D eigenvalue weighted by molar-refractivity contribution is 7.15. The molecule has 0 radical (unpaired) electrons. The van der Waals surface area contributed by atoms with Gasteiger partial charge in [0.25, 0.3) is 0 Å². The Hall–Kier alpha value is -1.54. The number of carbonyl (C=O) groups excluding carboxylic acids is 2. The molecule has 0 saturated carbocycles. The summed E-state index contributed by atoms with van der Waals surface area (Å²) in [6.45, 7) is 4.72. The Morgan fingerprint density at radius 2 is 2.30 bits per heavy atom. The number of amides is 2. The molecule has 2 rings (SSSR count). The Labute approximate surface area is 121 Å². The van der Waals surface area contributed by atoms with E-state index in [1.807, 2.05) is 13.8 Å². The van der Waals surface area contributed by atoms with Crippen LogP contribution in [0.25, 0.3) is 0 Å². The Morgan fingerprint density at radius 1 is 1.55 bits per heavy atom. The summed E-state index contributed by atoms with van der Waals surface area (Å²) in [7, 11) is 1.57. The lowest BCUT2D eigenvalue weighted by atomic mass is 10.1. The van der Waals surface area contributed by atoms with E-state index in [9.17, 15) is 9.59 Å². The predicted molar refractivity (Wildman–Crippen MR) is 74.2 cm³/mol. The van der Waals surface area contributed by atoms with Crippen molar-refractivity contribution in [1.82, 2.24) is 15.1 Å². The molecule has 7 nitrogen and oxygen atoms in total. The number of hydrogen-bond acceptors (Lipinski definition) is 6. The lowest BCUT2D eigenvalue weighted by Crippen LogP contribution is -2.33. The number of methoxy groups -OCH3 is 1. The molecule has 0 bridgehead atoms. The smallest absolute Gasteiger partial charge is 0.231 e. The van der Waals surface area contributed by atoms with Crippen LogP contribution in [-0.2, 0) is 20.9 Å². The van der Waals surface area contributed by atoms with Crippen LogP contribution < -0.4 is 5.32 Å². The average molecular weight is 298 g/mol. The minimum atomic E-state index is -0.320. The summed E-state index contributed by atoms with van der Waals surface area (Å²) in [5.41, 5.74) is 0. The molecular formula is C12H18N4O3S. The zero-order chi connectivity index (χ0) is 14.7. The second kappa shape index (κ2) is 6.27. The quantitative estimate of drug-likeness (QED) is 0.872. The number of anilines is 1. The van der Waals surface area contributed by atoms with Gasteiger partial charge in [0, 0.05) is 26.1 Å². The third-order valence-corrected chi connectivity index (χ3v) is 3.93. The zero-order valence-electron chi connectivity index (χ0n) is 11.8. The average Bonchev–Trinajstić information content (AvgIpc) is 2.96. The Bertz CT molecular complexity index is 503. The molecule has 1 N–H and O–H groups in total. The number of aromatic nitrogens is 2. The second-order valence-corrected chi connectivity index (χ2v) is 6.03. The van der Waals surface area contributed by atoms with Crippen LogP contribution in [0.3, 0.4) is 0 Å². The molecule has 2 amide bonds. The van der Waals surface area contributed by atoms with E-state index >= 15 is 0 Å². The van der Waals surface area contributed by atoms with E-state index in [1.165, 1.54) is 11.3 Å². The van der Waals surface area contributed by atoms with E-state index in [1.54, 1.807) is 12.0 Å². The maximum Gasteiger partial charge on any atom is 0.231 e. The SMILES string of the molecule is COCc1nnc(NC(=O)[C@H]2CC(=O)N(C(C)C)C2)s1. The maximum atomic E-state index is 12.1. The van der Waals surface area contributed by atoms with Crippen molar-refractivity contribution < 1.29 is 14.3 Å². The summed E-state index contributed by atoms with van der Waals surface area (Å²) in [4.78, 5) is 25.6. The van der Waals surface area contributed by atoms with E-state index in [0.717, 1.165) is 0 Å². The largest absolute Gasteiger partial charge is 0.377 e. The van der Waals surface area contributed by atoms with E-state index < -0.39 is 0 Å². The van der Waals surface area contributed by atoms with Crippen molar-refractivity contribution in [2.24, 2.45) is 5.92 Å². The van der Waals surface area contributed by atoms with E-state index in [2.05, 4.69) is 15.5 Å². The van der Waals surface area contributed by atoms with Crippen LogP contribution in [0.5, 0.6) is 0 Å². The Morgan fingerprint density at radius 3 is 2.90 bits per heavy atom. The molecule has 0 aromatic carbocycles. The third-order valence-electron chi connectivity index (χ3n) is 3.12. The van der Waals surface area contributed by atoms with Gasteiger partial charge in [0.15, 0.2) is 0 Å². The minimum Gasteiger partial charge on any atom is -0.377 e. The first-order valence-corrected chi connectivity index (χ1v) is 7.24. The first kappa shape index (κ1) is 14.9. The minimum absolute atomic E-state index is 0.0254. The molecule has 1 aromatic heterocycles. The van der Waals surface area contributed by atoms with Gasteiger partial charge in [0.05, 0.1) is 5.92 Å². The molecular weight excluding hydrogens is 280 g/mol. The highest BCUT2D eigenvalue weighted by Crippen LogP contribution is 2.23. The molecule has 1 aromatic rings. The third kappa shape index (κ3) is 3.31. The van der Waals surface area contributed by atoms with Gasteiger partial charge in [-0.1, -0.05) is 11.3 Å². The van der Waals surface area contributed by atoms with Crippen LogP contribution in [-0.4, -0.2) is 46.6 Å². The topological polar surface area (TPSA) is 84.4 Å². The van der Waals surface area contributed by atoms with E-state index in [0.29, 0.717) is 23.3 Å². The molecule has 2 heterocycles. The maximum absolute atomic E-state index is 12.1. The number of rotatable bonds is 5. The van der Waals surface area contributed by atoms with Crippen LogP contribution in [0.1, 0.15) is 25.3 Å². The van der Waals surface area contributed by atoms with Crippen molar-refractivity contribution in [1.29, 1.82) is 0 Å². The summed E-state index contributed by atoms with van der Waals surface area (Å²) in [6, 6.07) is 0.120. The molecule has 0 spiro atoms. The fourth-order valence-corrected chi connectivity index (χ4v) is 2.81. The van der Waals surface area contributed by atoms with E-state index in [4.69, 9.17) is 4.74 Å². The number of ether oxygens (including phenoxy) is 1. The lowest BCUT2D eigenvalue weighted by molar-refractivity contribution is -0.129. The Kier molecular flexibility index (Phi) is 4.66. The second-order valence-electron chi connectivity index (χ2n) is 4.96. The summed E-state index contributed by atoms with van der Waals surface area (Å²) in [5.74, 6) is -0.473. The normalized spacial score (nSPS) is 18.9. The van der Waals surface area contributed by atoms with Crippen molar-refractivity contribution >= 4 is 28.3 Å². The van der Waals surface area contributed by atoms with Gasteiger partial charge in [-0.2, -0.15) is 0 Å². The summed E-state index contributed by atoms with van der Waals surface area (Å²) in [5, 5.41) is 11.6. The van der Waals surface area contributed by atoms with Crippen LogP contribution in [0.15, 0.2) is 0 Å². The van der Waals surface area contributed by atoms with Gasteiger partial charge in [-0.25, -0.2) is 0 Å². The predicted octanol–water partition coefficient (Wildman–Crippen LogP) is 0.880. The molecule has 1 saturated heterocycles. The summed E-state index contributed by atoms with van der Waals surface area (Å²) in [6.07, 6.45) is 0.258. The molecule has 110 valence electrons. The standard InChI is InChI=1S/C12H18N4O3S/c1-7(2)16-5-8(4-10(16)17)11(18)13-12-15-14-9(20-12)6-19-3/h7-8H,4-6H2,1-3H3,(H,13,15,18)/t8-/m0/s1. The number of likely N-dealkylation sites (tertiary alicyclic amines) is 1.